The van der Waals surface area contributed by atoms with Crippen molar-refractivity contribution < 1.29 is 0 Å². The van der Waals surface area contributed by atoms with E-state index in [2.05, 4.69) is 84.5 Å². The van der Waals surface area contributed by atoms with Crippen LogP contribution in [0, 0.1) is 0 Å². The number of hydrogen-bond acceptors (Lipinski definition) is 3. The van der Waals surface area contributed by atoms with Crippen LogP contribution in [0.5, 0.6) is 0 Å². The molecule has 0 aliphatic heterocycles. The van der Waals surface area contributed by atoms with E-state index in [1.165, 1.54) is 5.56 Å². The number of rotatable bonds is 9. The highest BCUT2D eigenvalue weighted by Gasteiger charge is 2.13. The molecule has 0 amide bonds. The zero-order chi connectivity index (χ0) is 20.5. The zero-order valence-electron chi connectivity index (χ0n) is 18.6. The molecule has 0 aliphatic carbocycles. The number of aromatic nitrogens is 2. The molecule has 0 saturated carbocycles. The molecule has 2 aromatic rings. The second-order valence-electron chi connectivity index (χ2n) is 7.69. The van der Waals surface area contributed by atoms with Crippen molar-refractivity contribution in [2.45, 2.75) is 59.2 Å². The molecule has 0 aliphatic rings. The summed E-state index contributed by atoms with van der Waals surface area (Å²) >= 11 is 0. The molecule has 0 saturated heterocycles. The number of guanidine groups is 1. The summed E-state index contributed by atoms with van der Waals surface area (Å²) in [5, 5.41) is 11.2. The molecule has 6 nitrogen and oxygen atoms in total. The zero-order valence-corrected chi connectivity index (χ0v) is 20.9. The Bertz CT molecular complexity index is 719. The SMILES string of the molecule is CN=C(NCCCN(C(C)C)C(C)C)NC(C)c1cccc(-n2cccn2)c1.I. The van der Waals surface area contributed by atoms with Crippen LogP contribution >= 0.6 is 24.0 Å². The Hall–Kier alpha value is -1.61. The Morgan fingerprint density at radius 1 is 1.14 bits per heavy atom. The van der Waals surface area contributed by atoms with Crippen LogP contribution in [-0.4, -0.2) is 52.9 Å². The number of hydrogen-bond donors (Lipinski definition) is 2. The van der Waals surface area contributed by atoms with E-state index in [0.717, 1.165) is 31.2 Å². The van der Waals surface area contributed by atoms with Crippen LogP contribution < -0.4 is 10.6 Å². The first-order chi connectivity index (χ1) is 13.4. The molecule has 1 unspecified atom stereocenters. The van der Waals surface area contributed by atoms with Crippen LogP contribution in [0.3, 0.4) is 0 Å². The van der Waals surface area contributed by atoms with Gasteiger partial charge in [0.05, 0.1) is 11.7 Å². The second-order valence-corrected chi connectivity index (χ2v) is 7.69. The van der Waals surface area contributed by atoms with Crippen molar-refractivity contribution in [3.8, 4) is 5.69 Å². The number of nitrogens with one attached hydrogen (secondary N) is 2. The van der Waals surface area contributed by atoms with E-state index in [9.17, 15) is 0 Å². The molecule has 1 heterocycles. The van der Waals surface area contributed by atoms with Gasteiger partial charge < -0.3 is 10.6 Å². The Morgan fingerprint density at radius 3 is 2.45 bits per heavy atom. The molecular formula is C22H37IN6. The van der Waals surface area contributed by atoms with E-state index in [1.807, 2.05) is 24.0 Å². The van der Waals surface area contributed by atoms with E-state index in [4.69, 9.17) is 0 Å². The van der Waals surface area contributed by atoms with Gasteiger partial charge in [-0.15, -0.1) is 24.0 Å². The van der Waals surface area contributed by atoms with Crippen LogP contribution in [0.15, 0.2) is 47.7 Å². The molecule has 1 aromatic heterocycles. The lowest BCUT2D eigenvalue weighted by Crippen LogP contribution is -2.42. The lowest BCUT2D eigenvalue weighted by atomic mass is 10.1. The highest BCUT2D eigenvalue weighted by Crippen LogP contribution is 2.16. The molecule has 1 atom stereocenters. The summed E-state index contributed by atoms with van der Waals surface area (Å²) in [7, 11) is 1.82. The minimum absolute atomic E-state index is 0. The van der Waals surface area contributed by atoms with Gasteiger partial charge in [0.2, 0.25) is 0 Å². The van der Waals surface area contributed by atoms with Crippen molar-refractivity contribution in [3.05, 3.63) is 48.3 Å². The van der Waals surface area contributed by atoms with Crippen molar-refractivity contribution in [3.63, 3.8) is 0 Å². The third kappa shape index (κ3) is 7.97. The van der Waals surface area contributed by atoms with Gasteiger partial charge in [0.25, 0.3) is 0 Å². The van der Waals surface area contributed by atoms with Gasteiger partial charge in [0, 0.05) is 44.6 Å². The van der Waals surface area contributed by atoms with E-state index in [1.54, 1.807) is 6.20 Å². The van der Waals surface area contributed by atoms with Crippen LogP contribution in [0.4, 0.5) is 0 Å². The van der Waals surface area contributed by atoms with Crippen molar-refractivity contribution >= 4 is 29.9 Å². The van der Waals surface area contributed by atoms with Gasteiger partial charge in [0.15, 0.2) is 5.96 Å². The summed E-state index contributed by atoms with van der Waals surface area (Å²) in [6.07, 6.45) is 4.83. The first-order valence-corrected chi connectivity index (χ1v) is 10.2. The molecule has 29 heavy (non-hydrogen) atoms. The normalized spacial score (nSPS) is 12.9. The van der Waals surface area contributed by atoms with Gasteiger partial charge >= 0.3 is 0 Å². The highest BCUT2D eigenvalue weighted by molar-refractivity contribution is 14.0. The molecule has 7 heteroatoms. The molecule has 0 fully saturated rings. The summed E-state index contributed by atoms with van der Waals surface area (Å²) in [6, 6.07) is 11.6. The van der Waals surface area contributed by atoms with Crippen LogP contribution in [0.2, 0.25) is 0 Å². The maximum absolute atomic E-state index is 4.38. The molecule has 0 radical (unpaired) electrons. The largest absolute Gasteiger partial charge is 0.356 e. The third-order valence-electron chi connectivity index (χ3n) is 4.93. The fourth-order valence-electron chi connectivity index (χ4n) is 3.42. The number of halogens is 1. The fraction of sp³-hybridized carbons (Fsp3) is 0.545. The van der Waals surface area contributed by atoms with E-state index in [-0.39, 0.29) is 30.0 Å². The molecule has 0 bridgehead atoms. The predicted molar refractivity (Wildman–Crippen MR) is 133 cm³/mol. The van der Waals surface area contributed by atoms with Crippen LogP contribution in [-0.2, 0) is 0 Å². The fourth-order valence-corrected chi connectivity index (χ4v) is 3.42. The van der Waals surface area contributed by atoms with Crippen molar-refractivity contribution in [2.24, 2.45) is 4.99 Å². The molecule has 2 rings (SSSR count). The summed E-state index contributed by atoms with van der Waals surface area (Å²) < 4.78 is 1.87. The molecule has 2 N–H and O–H groups in total. The van der Waals surface area contributed by atoms with Gasteiger partial charge in [0.1, 0.15) is 0 Å². The lowest BCUT2D eigenvalue weighted by molar-refractivity contribution is 0.173. The van der Waals surface area contributed by atoms with E-state index < -0.39 is 0 Å². The summed E-state index contributed by atoms with van der Waals surface area (Å²) in [5.74, 6) is 0.831. The maximum atomic E-state index is 4.38. The minimum Gasteiger partial charge on any atom is -0.356 e. The Labute approximate surface area is 193 Å². The van der Waals surface area contributed by atoms with E-state index >= 15 is 0 Å². The van der Waals surface area contributed by atoms with Crippen molar-refractivity contribution in [1.29, 1.82) is 0 Å². The predicted octanol–water partition coefficient (Wildman–Crippen LogP) is 4.23. The van der Waals surface area contributed by atoms with Gasteiger partial charge in [-0.3, -0.25) is 9.89 Å². The lowest BCUT2D eigenvalue weighted by Gasteiger charge is -2.30. The first-order valence-electron chi connectivity index (χ1n) is 10.2. The monoisotopic (exact) mass is 512 g/mol. The summed E-state index contributed by atoms with van der Waals surface area (Å²) in [5.41, 5.74) is 2.25. The molecular weight excluding hydrogens is 475 g/mol. The Kier molecular flexibility index (Phi) is 11.3. The van der Waals surface area contributed by atoms with Crippen LogP contribution in [0.1, 0.15) is 52.6 Å². The second kappa shape index (κ2) is 12.8. The maximum Gasteiger partial charge on any atom is 0.191 e. The topological polar surface area (TPSA) is 57.5 Å². The number of nitrogens with zero attached hydrogens (tertiary/aromatic N) is 4. The minimum atomic E-state index is 0. The average molecular weight is 512 g/mol. The van der Waals surface area contributed by atoms with Gasteiger partial charge in [-0.25, -0.2) is 4.68 Å². The van der Waals surface area contributed by atoms with Crippen molar-refractivity contribution in [2.75, 3.05) is 20.1 Å². The standard InChI is InChI=1S/C22H36N6.HI/c1-17(2)27(18(3)4)14-8-12-24-22(23-6)26-19(5)20-10-7-11-21(16-20)28-15-9-13-25-28;/h7,9-11,13,15-19H,8,12,14H2,1-6H3,(H2,23,24,26);1H. The smallest absolute Gasteiger partial charge is 0.191 e. The van der Waals surface area contributed by atoms with Crippen LogP contribution in [0.25, 0.3) is 5.69 Å². The third-order valence-corrected chi connectivity index (χ3v) is 4.93. The average Bonchev–Trinajstić information content (AvgIpc) is 3.21. The molecule has 1 aromatic carbocycles. The highest BCUT2D eigenvalue weighted by atomic mass is 127. The summed E-state index contributed by atoms with van der Waals surface area (Å²) in [6.45, 7) is 13.2. The Morgan fingerprint density at radius 2 is 1.86 bits per heavy atom. The van der Waals surface area contributed by atoms with E-state index in [0.29, 0.717) is 12.1 Å². The number of aliphatic imine (C=N–C) groups is 1. The molecule has 162 valence electrons. The molecule has 0 spiro atoms. The van der Waals surface area contributed by atoms with Gasteiger partial charge in [-0.05, 0) is 64.8 Å². The first kappa shape index (κ1) is 25.4. The summed E-state index contributed by atoms with van der Waals surface area (Å²) in [4.78, 5) is 6.89. The van der Waals surface area contributed by atoms with Gasteiger partial charge in [-0.2, -0.15) is 5.10 Å². The number of benzene rings is 1. The quantitative estimate of drug-likeness (QED) is 0.229. The van der Waals surface area contributed by atoms with Crippen molar-refractivity contribution in [1.82, 2.24) is 25.3 Å². The van der Waals surface area contributed by atoms with Gasteiger partial charge in [-0.1, -0.05) is 12.1 Å². The Balaban J connectivity index is 0.00000420.